The highest BCUT2D eigenvalue weighted by Crippen LogP contribution is 2.63. The van der Waals surface area contributed by atoms with E-state index in [0.29, 0.717) is 12.3 Å². The fourth-order valence-electron chi connectivity index (χ4n) is 1.08. The van der Waals surface area contributed by atoms with Crippen LogP contribution in [0.25, 0.3) is 0 Å². The fourth-order valence-corrected chi connectivity index (χ4v) is 1.40. The smallest absolute Gasteiger partial charge is 0.151 e. The Hall–Kier alpha value is -0.730. The number of nitriles is 2. The summed E-state index contributed by atoms with van der Waals surface area (Å²) in [5.74, 6) is 0.397. The summed E-state index contributed by atoms with van der Waals surface area (Å²) in [6.45, 7) is 1.87. The molecule has 0 spiro atoms. The summed E-state index contributed by atoms with van der Waals surface area (Å²) in [5.41, 5.74) is -1.03. The molecule has 2 nitrogen and oxygen atoms in total. The van der Waals surface area contributed by atoms with Gasteiger partial charge in [0.25, 0.3) is 0 Å². The second kappa shape index (κ2) is 1.87. The van der Waals surface area contributed by atoms with Crippen molar-refractivity contribution in [3.8, 4) is 12.1 Å². The number of halogens is 1. The molecule has 1 saturated carbocycles. The van der Waals surface area contributed by atoms with Crippen LogP contribution in [0.15, 0.2) is 0 Å². The molecule has 0 radical (unpaired) electrons. The number of nitrogens with zero attached hydrogens (tertiary/aromatic N) is 2. The van der Waals surface area contributed by atoms with Crippen molar-refractivity contribution in [3.05, 3.63) is 0 Å². The SMILES string of the molecule is CC1(CCl)CC1(C#N)C#N. The zero-order valence-electron chi connectivity index (χ0n) is 5.69. The summed E-state index contributed by atoms with van der Waals surface area (Å²) in [5, 5.41) is 17.2. The van der Waals surface area contributed by atoms with Crippen LogP contribution in [0.4, 0.5) is 0 Å². The third-order valence-corrected chi connectivity index (χ3v) is 2.83. The van der Waals surface area contributed by atoms with Crippen LogP contribution < -0.4 is 0 Å². The van der Waals surface area contributed by atoms with Gasteiger partial charge in [0.05, 0.1) is 12.1 Å². The first-order chi connectivity index (χ1) is 4.64. The Kier molecular flexibility index (Phi) is 1.38. The maximum Gasteiger partial charge on any atom is 0.151 e. The molecule has 0 N–H and O–H groups in total. The van der Waals surface area contributed by atoms with Crippen molar-refractivity contribution >= 4 is 11.6 Å². The zero-order chi connectivity index (χ0) is 7.83. The molecular weight excluding hydrogens is 148 g/mol. The predicted molar refractivity (Wildman–Crippen MR) is 37.1 cm³/mol. The Morgan fingerprint density at radius 2 is 2.00 bits per heavy atom. The van der Waals surface area contributed by atoms with Gasteiger partial charge in [-0.2, -0.15) is 10.5 Å². The first-order valence-corrected chi connectivity index (χ1v) is 3.56. The molecule has 52 valence electrons. The number of rotatable bonds is 1. The second-order valence-electron chi connectivity index (χ2n) is 3.00. The molecule has 0 heterocycles. The second-order valence-corrected chi connectivity index (χ2v) is 3.27. The van der Waals surface area contributed by atoms with Crippen LogP contribution in [-0.4, -0.2) is 5.88 Å². The van der Waals surface area contributed by atoms with Gasteiger partial charge in [0.2, 0.25) is 0 Å². The lowest BCUT2D eigenvalue weighted by atomic mass is 9.99. The van der Waals surface area contributed by atoms with E-state index >= 15 is 0 Å². The molecule has 3 heteroatoms. The van der Waals surface area contributed by atoms with E-state index in [4.69, 9.17) is 22.1 Å². The first-order valence-electron chi connectivity index (χ1n) is 3.03. The van der Waals surface area contributed by atoms with Crippen molar-refractivity contribution in [2.75, 3.05) is 5.88 Å². The van der Waals surface area contributed by atoms with E-state index in [1.807, 2.05) is 19.1 Å². The quantitative estimate of drug-likeness (QED) is 0.540. The lowest BCUT2D eigenvalue weighted by molar-refractivity contribution is 0.565. The van der Waals surface area contributed by atoms with Crippen LogP contribution in [0.1, 0.15) is 13.3 Å². The summed E-state index contributed by atoms with van der Waals surface area (Å²) < 4.78 is 0. The van der Waals surface area contributed by atoms with Crippen LogP contribution in [0.3, 0.4) is 0 Å². The molecule has 1 aliphatic rings. The third kappa shape index (κ3) is 0.632. The lowest BCUT2D eigenvalue weighted by Gasteiger charge is -2.03. The minimum Gasteiger partial charge on any atom is -0.197 e. The fraction of sp³-hybridized carbons (Fsp3) is 0.714. The largest absolute Gasteiger partial charge is 0.197 e. The standard InChI is InChI=1S/C7H7ClN2/c1-6(3-8)2-7(6,4-9)5-10/h2-3H2,1H3. The normalized spacial score (nSPS) is 34.0. The summed E-state index contributed by atoms with van der Waals surface area (Å²) >= 11 is 5.58. The zero-order valence-corrected chi connectivity index (χ0v) is 6.44. The van der Waals surface area contributed by atoms with Gasteiger partial charge in [-0.15, -0.1) is 11.6 Å². The van der Waals surface area contributed by atoms with Crippen molar-refractivity contribution < 1.29 is 0 Å². The Bertz CT molecular complexity index is 221. The van der Waals surface area contributed by atoms with Crippen molar-refractivity contribution in [1.29, 1.82) is 10.5 Å². The monoisotopic (exact) mass is 154 g/mol. The van der Waals surface area contributed by atoms with Crippen LogP contribution in [0.5, 0.6) is 0 Å². The summed E-state index contributed by atoms with van der Waals surface area (Å²) in [6, 6.07) is 4.00. The molecule has 1 unspecified atom stereocenters. The summed E-state index contributed by atoms with van der Waals surface area (Å²) in [6.07, 6.45) is 0.622. The molecule has 0 aliphatic heterocycles. The van der Waals surface area contributed by atoms with Crippen LogP contribution in [0.2, 0.25) is 0 Å². The third-order valence-electron chi connectivity index (χ3n) is 2.24. The van der Waals surface area contributed by atoms with Gasteiger partial charge in [0.1, 0.15) is 0 Å². The van der Waals surface area contributed by atoms with Crippen molar-refractivity contribution in [2.24, 2.45) is 10.8 Å². The van der Waals surface area contributed by atoms with E-state index in [1.165, 1.54) is 0 Å². The van der Waals surface area contributed by atoms with Gasteiger partial charge in [0, 0.05) is 11.3 Å². The van der Waals surface area contributed by atoms with Gasteiger partial charge < -0.3 is 0 Å². The topological polar surface area (TPSA) is 47.6 Å². The molecule has 1 rings (SSSR count). The Morgan fingerprint density at radius 3 is 2.10 bits per heavy atom. The van der Waals surface area contributed by atoms with Gasteiger partial charge in [0.15, 0.2) is 5.41 Å². The van der Waals surface area contributed by atoms with E-state index in [1.54, 1.807) is 0 Å². The molecule has 10 heavy (non-hydrogen) atoms. The Labute approximate surface area is 65.0 Å². The summed E-state index contributed by atoms with van der Waals surface area (Å²) in [4.78, 5) is 0. The molecule has 1 fully saturated rings. The molecule has 1 aliphatic carbocycles. The average Bonchev–Trinajstić information content (AvgIpc) is 2.59. The highest BCUT2D eigenvalue weighted by molar-refractivity contribution is 6.18. The average molecular weight is 155 g/mol. The van der Waals surface area contributed by atoms with Gasteiger partial charge in [-0.1, -0.05) is 6.92 Å². The van der Waals surface area contributed by atoms with Gasteiger partial charge in [-0.25, -0.2) is 0 Å². The molecule has 0 aromatic heterocycles. The van der Waals surface area contributed by atoms with E-state index < -0.39 is 5.41 Å². The lowest BCUT2D eigenvalue weighted by Crippen LogP contribution is -2.08. The molecule has 0 aromatic rings. The molecule has 0 bridgehead atoms. The van der Waals surface area contributed by atoms with Gasteiger partial charge in [-0.05, 0) is 6.42 Å². The van der Waals surface area contributed by atoms with Crippen molar-refractivity contribution in [1.82, 2.24) is 0 Å². The van der Waals surface area contributed by atoms with Crippen LogP contribution in [-0.2, 0) is 0 Å². The first kappa shape index (κ1) is 7.38. The minimum absolute atomic E-state index is 0.252. The van der Waals surface area contributed by atoms with Crippen molar-refractivity contribution in [2.45, 2.75) is 13.3 Å². The maximum absolute atomic E-state index is 8.59. The predicted octanol–water partition coefficient (Wildman–Crippen LogP) is 1.67. The highest BCUT2D eigenvalue weighted by atomic mass is 35.5. The molecule has 0 saturated heterocycles. The molecule has 0 aromatic carbocycles. The summed E-state index contributed by atoms with van der Waals surface area (Å²) in [7, 11) is 0. The van der Waals surface area contributed by atoms with Crippen molar-refractivity contribution in [3.63, 3.8) is 0 Å². The Morgan fingerprint density at radius 1 is 1.50 bits per heavy atom. The minimum atomic E-state index is -0.783. The Balaban J connectivity index is 2.84. The van der Waals surface area contributed by atoms with E-state index in [0.717, 1.165) is 0 Å². The van der Waals surface area contributed by atoms with E-state index in [9.17, 15) is 0 Å². The highest BCUT2D eigenvalue weighted by Gasteiger charge is 2.65. The van der Waals surface area contributed by atoms with Gasteiger partial charge >= 0.3 is 0 Å². The molecular formula is C7H7ClN2. The van der Waals surface area contributed by atoms with Crippen LogP contribution >= 0.6 is 11.6 Å². The number of alkyl halides is 1. The molecule has 0 amide bonds. The van der Waals surface area contributed by atoms with Gasteiger partial charge in [-0.3, -0.25) is 0 Å². The molecule has 1 atom stereocenters. The maximum atomic E-state index is 8.59. The van der Waals surface area contributed by atoms with E-state index in [-0.39, 0.29) is 5.41 Å². The number of hydrogen-bond donors (Lipinski definition) is 0. The van der Waals surface area contributed by atoms with E-state index in [2.05, 4.69) is 0 Å². The number of hydrogen-bond acceptors (Lipinski definition) is 2. The van der Waals surface area contributed by atoms with Crippen LogP contribution in [0, 0.1) is 33.5 Å².